The van der Waals surface area contributed by atoms with Crippen molar-refractivity contribution in [3.8, 4) is 0 Å². The highest BCUT2D eigenvalue weighted by atomic mass is 16.3. The molecular formula is C11H19NO2. The van der Waals surface area contributed by atoms with Crippen LogP contribution in [0.4, 0.5) is 0 Å². The molecule has 0 spiro atoms. The summed E-state index contributed by atoms with van der Waals surface area (Å²) in [4.78, 5) is 0. The Balaban J connectivity index is 2.54. The zero-order valence-electron chi connectivity index (χ0n) is 9.24. The molecule has 0 bridgehead atoms. The predicted octanol–water partition coefficient (Wildman–Crippen LogP) is 2.01. The van der Waals surface area contributed by atoms with E-state index in [1.807, 2.05) is 32.9 Å². The van der Waals surface area contributed by atoms with Gasteiger partial charge in [-0.15, -0.1) is 0 Å². The Labute approximate surface area is 85.1 Å². The zero-order chi connectivity index (χ0) is 10.7. The van der Waals surface area contributed by atoms with Crippen LogP contribution < -0.4 is 5.32 Å². The highest BCUT2D eigenvalue weighted by Gasteiger charge is 2.15. The molecule has 1 aromatic rings. The second kappa shape index (κ2) is 4.62. The van der Waals surface area contributed by atoms with Gasteiger partial charge in [-0.05, 0) is 39.8 Å². The van der Waals surface area contributed by atoms with Gasteiger partial charge >= 0.3 is 0 Å². The van der Waals surface area contributed by atoms with Crippen molar-refractivity contribution in [1.29, 1.82) is 0 Å². The van der Waals surface area contributed by atoms with E-state index >= 15 is 0 Å². The third-order valence-corrected chi connectivity index (χ3v) is 2.42. The summed E-state index contributed by atoms with van der Waals surface area (Å²) >= 11 is 0. The average molecular weight is 197 g/mol. The van der Waals surface area contributed by atoms with Crippen LogP contribution in [0.5, 0.6) is 0 Å². The van der Waals surface area contributed by atoms with Crippen molar-refractivity contribution in [3.05, 3.63) is 23.7 Å². The maximum absolute atomic E-state index is 9.33. The van der Waals surface area contributed by atoms with Crippen molar-refractivity contribution >= 4 is 0 Å². The fraction of sp³-hybridized carbons (Fsp3) is 0.636. The molecule has 0 amide bonds. The number of aliphatic hydroxyl groups is 1. The summed E-state index contributed by atoms with van der Waals surface area (Å²) in [6.07, 6.45) is -0.353. The first-order chi connectivity index (χ1) is 6.50. The van der Waals surface area contributed by atoms with Gasteiger partial charge in [0.05, 0.1) is 12.1 Å². The lowest BCUT2D eigenvalue weighted by Gasteiger charge is -2.20. The van der Waals surface area contributed by atoms with E-state index in [1.165, 1.54) is 0 Å². The van der Waals surface area contributed by atoms with Crippen molar-refractivity contribution in [1.82, 2.24) is 5.32 Å². The Bertz CT molecular complexity index is 281. The highest BCUT2D eigenvalue weighted by molar-refractivity contribution is 5.09. The molecule has 80 valence electrons. The first kappa shape index (κ1) is 11.3. The van der Waals surface area contributed by atoms with Crippen LogP contribution >= 0.6 is 0 Å². The van der Waals surface area contributed by atoms with E-state index in [2.05, 4.69) is 5.32 Å². The molecule has 0 fully saturated rings. The zero-order valence-corrected chi connectivity index (χ0v) is 9.24. The van der Waals surface area contributed by atoms with E-state index in [1.54, 1.807) is 6.92 Å². The van der Waals surface area contributed by atoms with Gasteiger partial charge in [-0.3, -0.25) is 0 Å². The Morgan fingerprint density at radius 2 is 1.93 bits per heavy atom. The molecule has 14 heavy (non-hydrogen) atoms. The second-order valence-electron chi connectivity index (χ2n) is 3.87. The number of rotatable bonds is 4. The lowest BCUT2D eigenvalue weighted by Crippen LogP contribution is -2.36. The average Bonchev–Trinajstić information content (AvgIpc) is 2.51. The van der Waals surface area contributed by atoms with Gasteiger partial charge in [0.15, 0.2) is 0 Å². The SMILES string of the molecule is Cc1ccc(C(C)NC(C)C(C)O)o1. The third-order valence-electron chi connectivity index (χ3n) is 2.42. The first-order valence-corrected chi connectivity index (χ1v) is 5.01. The Hall–Kier alpha value is -0.800. The van der Waals surface area contributed by atoms with Crippen LogP contribution in [0.2, 0.25) is 0 Å². The quantitative estimate of drug-likeness (QED) is 0.776. The molecule has 3 unspecified atom stereocenters. The van der Waals surface area contributed by atoms with Gasteiger partial charge in [-0.1, -0.05) is 0 Å². The molecular weight excluding hydrogens is 178 g/mol. The van der Waals surface area contributed by atoms with E-state index in [-0.39, 0.29) is 18.2 Å². The third kappa shape index (κ3) is 2.86. The summed E-state index contributed by atoms with van der Waals surface area (Å²) in [5.41, 5.74) is 0. The number of furan rings is 1. The largest absolute Gasteiger partial charge is 0.465 e. The maximum Gasteiger partial charge on any atom is 0.120 e. The monoisotopic (exact) mass is 197 g/mol. The van der Waals surface area contributed by atoms with Crippen LogP contribution in [0.3, 0.4) is 0 Å². The van der Waals surface area contributed by atoms with E-state index in [0.717, 1.165) is 11.5 Å². The molecule has 0 aliphatic carbocycles. The Morgan fingerprint density at radius 3 is 2.36 bits per heavy atom. The summed E-state index contributed by atoms with van der Waals surface area (Å²) in [7, 11) is 0. The van der Waals surface area contributed by atoms with Crippen molar-refractivity contribution in [2.24, 2.45) is 0 Å². The molecule has 0 saturated carbocycles. The minimum absolute atomic E-state index is 0.0652. The van der Waals surface area contributed by atoms with Crippen LogP contribution in [0, 0.1) is 6.92 Å². The smallest absolute Gasteiger partial charge is 0.120 e. The standard InChI is InChI=1S/C11H19NO2/c1-7-5-6-11(14-7)9(3)12-8(2)10(4)13/h5-6,8-10,12-13H,1-4H3. The molecule has 0 saturated heterocycles. The molecule has 3 nitrogen and oxygen atoms in total. The minimum Gasteiger partial charge on any atom is -0.465 e. The van der Waals surface area contributed by atoms with Crippen molar-refractivity contribution in [2.75, 3.05) is 0 Å². The molecule has 3 heteroatoms. The van der Waals surface area contributed by atoms with Crippen LogP contribution in [-0.2, 0) is 0 Å². The lowest BCUT2D eigenvalue weighted by molar-refractivity contribution is 0.145. The summed E-state index contributed by atoms with van der Waals surface area (Å²) in [5, 5.41) is 12.6. The van der Waals surface area contributed by atoms with E-state index in [9.17, 15) is 5.11 Å². The number of aliphatic hydroxyl groups excluding tert-OH is 1. The summed E-state index contributed by atoms with van der Waals surface area (Å²) in [6.45, 7) is 7.68. The second-order valence-corrected chi connectivity index (χ2v) is 3.87. The van der Waals surface area contributed by atoms with Gasteiger partial charge in [0, 0.05) is 6.04 Å². The Morgan fingerprint density at radius 1 is 1.29 bits per heavy atom. The number of hydrogen-bond donors (Lipinski definition) is 2. The van der Waals surface area contributed by atoms with Crippen LogP contribution in [0.25, 0.3) is 0 Å². The van der Waals surface area contributed by atoms with Gasteiger partial charge in [-0.2, -0.15) is 0 Å². The van der Waals surface area contributed by atoms with Gasteiger partial charge < -0.3 is 14.8 Å². The fourth-order valence-electron chi connectivity index (χ4n) is 1.30. The molecule has 0 aromatic carbocycles. The molecule has 3 atom stereocenters. The van der Waals surface area contributed by atoms with Crippen molar-refractivity contribution in [2.45, 2.75) is 45.9 Å². The van der Waals surface area contributed by atoms with Crippen molar-refractivity contribution < 1.29 is 9.52 Å². The predicted molar refractivity (Wildman–Crippen MR) is 56.1 cm³/mol. The van der Waals surface area contributed by atoms with Crippen LogP contribution in [-0.4, -0.2) is 17.3 Å². The van der Waals surface area contributed by atoms with Gasteiger partial charge in [0.2, 0.25) is 0 Å². The minimum atomic E-state index is -0.353. The molecule has 2 N–H and O–H groups in total. The summed E-state index contributed by atoms with van der Waals surface area (Å²) in [6, 6.07) is 4.10. The van der Waals surface area contributed by atoms with Gasteiger partial charge in [0.1, 0.15) is 11.5 Å². The summed E-state index contributed by atoms with van der Waals surface area (Å²) < 4.78 is 5.48. The molecule has 0 aliphatic rings. The molecule has 1 aromatic heterocycles. The molecule has 0 aliphatic heterocycles. The van der Waals surface area contributed by atoms with E-state index in [0.29, 0.717) is 0 Å². The van der Waals surface area contributed by atoms with Gasteiger partial charge in [0.25, 0.3) is 0 Å². The summed E-state index contributed by atoms with van der Waals surface area (Å²) in [5.74, 6) is 1.83. The topological polar surface area (TPSA) is 45.4 Å². The highest BCUT2D eigenvalue weighted by Crippen LogP contribution is 2.16. The number of nitrogens with one attached hydrogen (secondary N) is 1. The normalized spacial score (nSPS) is 17.8. The molecule has 0 radical (unpaired) electrons. The molecule has 1 heterocycles. The number of aryl methyl sites for hydroxylation is 1. The van der Waals surface area contributed by atoms with Crippen LogP contribution in [0.15, 0.2) is 16.5 Å². The van der Waals surface area contributed by atoms with Gasteiger partial charge in [-0.25, -0.2) is 0 Å². The fourth-order valence-corrected chi connectivity index (χ4v) is 1.30. The lowest BCUT2D eigenvalue weighted by atomic mass is 10.1. The van der Waals surface area contributed by atoms with E-state index in [4.69, 9.17) is 4.42 Å². The van der Waals surface area contributed by atoms with E-state index < -0.39 is 0 Å². The Kier molecular flexibility index (Phi) is 3.72. The number of hydrogen-bond acceptors (Lipinski definition) is 3. The van der Waals surface area contributed by atoms with Crippen molar-refractivity contribution in [3.63, 3.8) is 0 Å². The molecule has 1 rings (SSSR count). The van der Waals surface area contributed by atoms with Crippen LogP contribution in [0.1, 0.15) is 38.3 Å². The first-order valence-electron chi connectivity index (χ1n) is 5.01. The maximum atomic E-state index is 9.33.